The first-order valence-electron chi connectivity index (χ1n) is 3.91. The summed E-state index contributed by atoms with van der Waals surface area (Å²) < 4.78 is 0. The van der Waals surface area contributed by atoms with Crippen LogP contribution in [0.3, 0.4) is 0 Å². The Morgan fingerprint density at radius 1 is 1.13 bits per heavy atom. The Kier molecular flexibility index (Phi) is 1.86. The lowest BCUT2D eigenvalue weighted by Crippen LogP contribution is -2.07. The molecule has 0 fully saturated rings. The average Bonchev–Trinajstić information content (AvgIpc) is 2.61. The summed E-state index contributed by atoms with van der Waals surface area (Å²) in [6, 6.07) is 2.37. The number of hydrogen-bond donors (Lipinski definition) is 3. The van der Waals surface area contributed by atoms with E-state index in [9.17, 15) is 9.59 Å². The summed E-state index contributed by atoms with van der Waals surface area (Å²) in [5, 5.41) is 27.1. The highest BCUT2D eigenvalue weighted by Gasteiger charge is 2.17. The van der Waals surface area contributed by atoms with E-state index in [0.29, 0.717) is 11.0 Å². The molecule has 15 heavy (non-hydrogen) atoms. The van der Waals surface area contributed by atoms with Crippen molar-refractivity contribution in [2.45, 2.75) is 0 Å². The van der Waals surface area contributed by atoms with Gasteiger partial charge in [0, 0.05) is 0 Å². The number of benzene rings is 1. The maximum absolute atomic E-state index is 10.8. The summed E-state index contributed by atoms with van der Waals surface area (Å²) in [5.74, 6) is -2.61. The molecule has 2 aromatic rings. The Bertz CT molecular complexity index is 512. The largest absolute Gasteiger partial charge is 0.478 e. The van der Waals surface area contributed by atoms with Crippen LogP contribution in [0.1, 0.15) is 20.7 Å². The van der Waals surface area contributed by atoms with Crippen LogP contribution in [0.25, 0.3) is 11.0 Å². The minimum absolute atomic E-state index is 0.291. The molecule has 0 bridgehead atoms. The van der Waals surface area contributed by atoms with Crippen molar-refractivity contribution >= 4 is 23.0 Å². The van der Waals surface area contributed by atoms with Gasteiger partial charge < -0.3 is 10.2 Å². The Morgan fingerprint density at radius 2 is 1.73 bits per heavy atom. The molecule has 0 aliphatic heterocycles. The predicted molar refractivity (Wildman–Crippen MR) is 47.8 cm³/mol. The number of carboxylic acids is 2. The molecule has 7 heteroatoms. The second-order valence-corrected chi connectivity index (χ2v) is 2.84. The molecule has 0 atom stereocenters. The standard InChI is InChI=1S/C8H5N3O4/c12-7(13)3-1-5-6(10-11-9-5)2-4(3)8(14)15/h1-2H,(H,12,13)(H,14,15)(H,9,10,11). The zero-order chi connectivity index (χ0) is 11.0. The second-order valence-electron chi connectivity index (χ2n) is 2.84. The molecule has 76 valence electrons. The fourth-order valence-electron chi connectivity index (χ4n) is 1.25. The van der Waals surface area contributed by atoms with Crippen molar-refractivity contribution in [3.63, 3.8) is 0 Å². The third kappa shape index (κ3) is 1.39. The minimum atomic E-state index is -1.31. The lowest BCUT2D eigenvalue weighted by Gasteiger charge is -1.99. The molecule has 0 radical (unpaired) electrons. The number of carbonyl (C=O) groups is 2. The van der Waals surface area contributed by atoms with Crippen LogP contribution in [0, 0.1) is 0 Å². The van der Waals surface area contributed by atoms with Gasteiger partial charge in [-0.25, -0.2) is 9.59 Å². The summed E-state index contributed by atoms with van der Waals surface area (Å²) >= 11 is 0. The third-order valence-electron chi connectivity index (χ3n) is 1.92. The molecule has 0 aliphatic rings. The molecule has 1 aromatic heterocycles. The number of nitrogens with one attached hydrogen (secondary N) is 1. The van der Waals surface area contributed by atoms with Gasteiger partial charge in [-0.1, -0.05) is 5.21 Å². The Balaban J connectivity index is 2.79. The van der Waals surface area contributed by atoms with E-state index in [0.717, 1.165) is 0 Å². The zero-order valence-electron chi connectivity index (χ0n) is 7.26. The van der Waals surface area contributed by atoms with E-state index in [2.05, 4.69) is 15.4 Å². The molecule has 0 spiro atoms. The predicted octanol–water partition coefficient (Wildman–Crippen LogP) is 0.354. The van der Waals surface area contributed by atoms with E-state index in [1.807, 2.05) is 0 Å². The number of H-pyrrole nitrogens is 1. The quantitative estimate of drug-likeness (QED) is 0.654. The summed E-state index contributed by atoms with van der Waals surface area (Å²) in [7, 11) is 0. The molecule has 3 N–H and O–H groups in total. The monoisotopic (exact) mass is 207 g/mol. The van der Waals surface area contributed by atoms with Crippen LogP contribution in [0.4, 0.5) is 0 Å². The van der Waals surface area contributed by atoms with Crippen LogP contribution in [-0.2, 0) is 0 Å². The van der Waals surface area contributed by atoms with Crippen molar-refractivity contribution in [3.8, 4) is 0 Å². The molecular formula is C8H5N3O4. The molecule has 0 amide bonds. The van der Waals surface area contributed by atoms with Gasteiger partial charge in [0.05, 0.1) is 16.6 Å². The number of carboxylic acid groups (broad SMARTS) is 2. The van der Waals surface area contributed by atoms with Gasteiger partial charge in [0.2, 0.25) is 0 Å². The lowest BCUT2D eigenvalue weighted by molar-refractivity contribution is 0.0652. The summed E-state index contributed by atoms with van der Waals surface area (Å²) in [5.41, 5.74) is 0.111. The Morgan fingerprint density at radius 3 is 2.33 bits per heavy atom. The average molecular weight is 207 g/mol. The lowest BCUT2D eigenvalue weighted by atomic mass is 10.1. The van der Waals surface area contributed by atoms with E-state index >= 15 is 0 Å². The molecule has 0 unspecified atom stereocenters. The smallest absolute Gasteiger partial charge is 0.336 e. The van der Waals surface area contributed by atoms with E-state index in [1.165, 1.54) is 12.1 Å². The van der Waals surface area contributed by atoms with Gasteiger partial charge in [-0.05, 0) is 12.1 Å². The first kappa shape index (κ1) is 9.13. The summed E-state index contributed by atoms with van der Waals surface area (Å²) in [4.78, 5) is 21.5. The maximum Gasteiger partial charge on any atom is 0.336 e. The highest BCUT2D eigenvalue weighted by molar-refractivity contribution is 6.05. The topological polar surface area (TPSA) is 116 Å². The van der Waals surface area contributed by atoms with Crippen molar-refractivity contribution in [1.82, 2.24) is 15.4 Å². The number of nitrogens with zero attached hydrogens (tertiary/aromatic N) is 2. The van der Waals surface area contributed by atoms with Gasteiger partial charge >= 0.3 is 11.9 Å². The highest BCUT2D eigenvalue weighted by atomic mass is 16.4. The SMILES string of the molecule is O=C(O)c1cc2nn[nH]c2cc1C(=O)O. The minimum Gasteiger partial charge on any atom is -0.478 e. The second kappa shape index (κ2) is 3.05. The summed E-state index contributed by atoms with van der Waals surface area (Å²) in [6.07, 6.45) is 0. The van der Waals surface area contributed by atoms with Crippen molar-refractivity contribution in [2.24, 2.45) is 0 Å². The number of rotatable bonds is 2. The van der Waals surface area contributed by atoms with Crippen LogP contribution in [0.15, 0.2) is 12.1 Å². The molecule has 0 aliphatic carbocycles. The van der Waals surface area contributed by atoms with Gasteiger partial charge in [-0.3, -0.25) is 5.10 Å². The zero-order valence-corrected chi connectivity index (χ0v) is 7.26. The molecule has 0 saturated heterocycles. The van der Waals surface area contributed by atoms with Crippen LogP contribution >= 0.6 is 0 Å². The van der Waals surface area contributed by atoms with E-state index < -0.39 is 11.9 Å². The first-order chi connectivity index (χ1) is 7.09. The number of hydrogen-bond acceptors (Lipinski definition) is 4. The Labute approximate surface area is 82.3 Å². The maximum atomic E-state index is 10.8. The number of aromatic carboxylic acids is 2. The fraction of sp³-hybridized carbons (Fsp3) is 0. The van der Waals surface area contributed by atoms with Gasteiger partial charge in [0.15, 0.2) is 0 Å². The fourth-order valence-corrected chi connectivity index (χ4v) is 1.25. The van der Waals surface area contributed by atoms with E-state index in [4.69, 9.17) is 10.2 Å². The molecule has 1 aromatic carbocycles. The normalized spacial score (nSPS) is 10.4. The van der Waals surface area contributed by atoms with Crippen LogP contribution in [0.2, 0.25) is 0 Å². The van der Waals surface area contributed by atoms with Crippen molar-refractivity contribution < 1.29 is 19.8 Å². The van der Waals surface area contributed by atoms with E-state index in [1.54, 1.807) is 0 Å². The third-order valence-corrected chi connectivity index (χ3v) is 1.92. The van der Waals surface area contributed by atoms with Crippen LogP contribution in [-0.4, -0.2) is 37.6 Å². The molecule has 0 saturated carbocycles. The Hall–Kier alpha value is -2.44. The van der Waals surface area contributed by atoms with E-state index in [-0.39, 0.29) is 11.1 Å². The number of aromatic nitrogens is 3. The van der Waals surface area contributed by atoms with Gasteiger partial charge in [-0.2, -0.15) is 0 Å². The van der Waals surface area contributed by atoms with Crippen molar-refractivity contribution in [2.75, 3.05) is 0 Å². The summed E-state index contributed by atoms with van der Waals surface area (Å²) in [6.45, 7) is 0. The molecule has 2 rings (SSSR count). The van der Waals surface area contributed by atoms with Gasteiger partial charge in [0.1, 0.15) is 5.52 Å². The molecule has 7 nitrogen and oxygen atoms in total. The van der Waals surface area contributed by atoms with Gasteiger partial charge in [-0.15, -0.1) is 5.10 Å². The van der Waals surface area contributed by atoms with Gasteiger partial charge in [0.25, 0.3) is 0 Å². The van der Waals surface area contributed by atoms with Crippen molar-refractivity contribution in [3.05, 3.63) is 23.3 Å². The van der Waals surface area contributed by atoms with Crippen molar-refractivity contribution in [1.29, 1.82) is 0 Å². The first-order valence-corrected chi connectivity index (χ1v) is 3.91. The number of fused-ring (bicyclic) bond motifs is 1. The van der Waals surface area contributed by atoms with Crippen LogP contribution < -0.4 is 0 Å². The highest BCUT2D eigenvalue weighted by Crippen LogP contribution is 2.16. The molecule has 1 heterocycles. The number of aromatic amines is 1. The van der Waals surface area contributed by atoms with Crippen LogP contribution in [0.5, 0.6) is 0 Å². The molecular weight excluding hydrogens is 202 g/mol.